The maximum Gasteiger partial charge on any atom is 0.332 e. The Labute approximate surface area is 91.0 Å². The molecule has 1 heterocycles. The highest BCUT2D eigenvalue weighted by molar-refractivity contribution is 5.88. The fraction of sp³-hybridized carbons (Fsp3) is 0.615. The second-order valence-corrected chi connectivity index (χ2v) is 4.81. The molecule has 1 spiro atoms. The minimum atomic E-state index is -0.265. The van der Waals surface area contributed by atoms with Crippen LogP contribution in [0, 0.1) is 0 Å². The van der Waals surface area contributed by atoms with E-state index in [1.807, 2.05) is 0 Å². The Balaban J connectivity index is 2.40. The molecule has 2 nitrogen and oxygen atoms in total. The predicted octanol–water partition coefficient (Wildman–Crippen LogP) is 3.14. The summed E-state index contributed by atoms with van der Waals surface area (Å²) in [6.45, 7) is 6.26. The van der Waals surface area contributed by atoms with Gasteiger partial charge in [0.05, 0.1) is 0 Å². The molecule has 0 unspecified atom stereocenters. The molecule has 0 bridgehead atoms. The zero-order chi connectivity index (χ0) is 11.1. The molecule has 2 heteroatoms. The van der Waals surface area contributed by atoms with Crippen LogP contribution in [0.4, 0.5) is 0 Å². The molecule has 0 aromatic carbocycles. The fourth-order valence-electron chi connectivity index (χ4n) is 2.56. The van der Waals surface area contributed by atoms with Crippen LogP contribution >= 0.6 is 0 Å². The van der Waals surface area contributed by atoms with Gasteiger partial charge in [-0.1, -0.05) is 5.57 Å². The van der Waals surface area contributed by atoms with Crippen molar-refractivity contribution in [2.24, 2.45) is 0 Å². The summed E-state index contributed by atoms with van der Waals surface area (Å²) < 4.78 is 5.53. The van der Waals surface area contributed by atoms with Gasteiger partial charge in [0.25, 0.3) is 0 Å². The molecule has 0 atom stereocenters. The van der Waals surface area contributed by atoms with Crippen LogP contribution in [0.3, 0.4) is 0 Å². The molecule has 1 fully saturated rings. The zero-order valence-corrected chi connectivity index (χ0v) is 9.72. The van der Waals surface area contributed by atoms with Crippen molar-refractivity contribution in [3.8, 4) is 0 Å². The summed E-state index contributed by atoms with van der Waals surface area (Å²) in [7, 11) is 0. The minimum absolute atomic E-state index is 0.160. The number of ether oxygens (including phenoxy) is 1. The molecular formula is C13H18O2. The molecule has 0 amide bonds. The van der Waals surface area contributed by atoms with Gasteiger partial charge in [0, 0.05) is 11.6 Å². The van der Waals surface area contributed by atoms with Gasteiger partial charge in [0.2, 0.25) is 0 Å². The maximum absolute atomic E-state index is 11.4. The van der Waals surface area contributed by atoms with Gasteiger partial charge in [-0.2, -0.15) is 0 Å². The first-order chi connectivity index (χ1) is 7.05. The van der Waals surface area contributed by atoms with Crippen molar-refractivity contribution in [1.82, 2.24) is 0 Å². The van der Waals surface area contributed by atoms with E-state index in [1.165, 1.54) is 24.0 Å². The highest BCUT2D eigenvalue weighted by Crippen LogP contribution is 2.45. The third-order valence-corrected chi connectivity index (χ3v) is 3.61. The van der Waals surface area contributed by atoms with Gasteiger partial charge in [0.1, 0.15) is 5.60 Å². The van der Waals surface area contributed by atoms with Crippen molar-refractivity contribution in [1.29, 1.82) is 0 Å². The number of hydrogen-bond acceptors (Lipinski definition) is 2. The molecule has 1 saturated carbocycles. The van der Waals surface area contributed by atoms with E-state index in [1.54, 1.807) is 6.08 Å². The molecule has 15 heavy (non-hydrogen) atoms. The zero-order valence-electron chi connectivity index (χ0n) is 9.72. The van der Waals surface area contributed by atoms with Gasteiger partial charge in [0.15, 0.2) is 0 Å². The number of allylic oxidation sites excluding steroid dienone is 1. The van der Waals surface area contributed by atoms with Crippen molar-refractivity contribution in [2.75, 3.05) is 0 Å². The SMILES string of the molecule is CC(C)=C(C)C1=CC(=O)OC12CCCC2. The summed E-state index contributed by atoms with van der Waals surface area (Å²) in [5.41, 5.74) is 3.36. The van der Waals surface area contributed by atoms with Crippen LogP contribution < -0.4 is 0 Å². The number of carbonyl (C=O) groups is 1. The quantitative estimate of drug-likeness (QED) is 0.616. The number of hydrogen-bond donors (Lipinski definition) is 0. The number of rotatable bonds is 1. The van der Waals surface area contributed by atoms with Gasteiger partial charge in [-0.25, -0.2) is 4.79 Å². The van der Waals surface area contributed by atoms with E-state index in [4.69, 9.17) is 4.74 Å². The summed E-state index contributed by atoms with van der Waals surface area (Å²) in [5.74, 6) is -0.160. The molecule has 0 saturated heterocycles. The Morgan fingerprint density at radius 2 is 1.87 bits per heavy atom. The van der Waals surface area contributed by atoms with E-state index in [0.717, 1.165) is 18.4 Å². The highest BCUT2D eigenvalue weighted by atomic mass is 16.6. The van der Waals surface area contributed by atoms with E-state index in [9.17, 15) is 4.79 Å². The number of carbonyl (C=O) groups excluding carboxylic acids is 1. The van der Waals surface area contributed by atoms with Crippen LogP contribution in [0.15, 0.2) is 22.8 Å². The van der Waals surface area contributed by atoms with E-state index in [-0.39, 0.29) is 11.6 Å². The Bertz CT molecular complexity index is 351. The molecule has 2 rings (SSSR count). The third kappa shape index (κ3) is 1.62. The van der Waals surface area contributed by atoms with Crippen molar-refractivity contribution >= 4 is 5.97 Å². The molecular weight excluding hydrogens is 188 g/mol. The topological polar surface area (TPSA) is 26.3 Å². The molecule has 0 N–H and O–H groups in total. The first-order valence-electron chi connectivity index (χ1n) is 5.65. The molecule has 2 aliphatic rings. The van der Waals surface area contributed by atoms with E-state index in [0.29, 0.717) is 0 Å². The summed E-state index contributed by atoms with van der Waals surface area (Å²) in [4.78, 5) is 11.4. The average molecular weight is 206 g/mol. The lowest BCUT2D eigenvalue weighted by Gasteiger charge is -2.27. The first kappa shape index (κ1) is 10.5. The molecule has 0 aromatic heterocycles. The monoisotopic (exact) mass is 206 g/mol. The Morgan fingerprint density at radius 1 is 1.27 bits per heavy atom. The standard InChI is InChI=1S/C13H18O2/c1-9(2)10(3)11-8-12(14)15-13(11)6-4-5-7-13/h8H,4-7H2,1-3H3. The van der Waals surface area contributed by atoms with Gasteiger partial charge < -0.3 is 4.74 Å². The van der Waals surface area contributed by atoms with Crippen LogP contribution in [0.25, 0.3) is 0 Å². The Morgan fingerprint density at radius 3 is 2.40 bits per heavy atom. The predicted molar refractivity (Wildman–Crippen MR) is 59.4 cm³/mol. The summed E-state index contributed by atoms with van der Waals surface area (Å²) in [6.07, 6.45) is 6.01. The second-order valence-electron chi connectivity index (χ2n) is 4.81. The van der Waals surface area contributed by atoms with E-state index < -0.39 is 0 Å². The highest BCUT2D eigenvalue weighted by Gasteiger charge is 2.45. The van der Waals surface area contributed by atoms with Crippen LogP contribution in [0.2, 0.25) is 0 Å². The summed E-state index contributed by atoms with van der Waals surface area (Å²) in [5, 5.41) is 0. The molecule has 1 aliphatic heterocycles. The van der Waals surface area contributed by atoms with Gasteiger partial charge in [-0.3, -0.25) is 0 Å². The van der Waals surface area contributed by atoms with Crippen LogP contribution in [-0.2, 0) is 9.53 Å². The lowest BCUT2D eigenvalue weighted by Crippen LogP contribution is -2.28. The van der Waals surface area contributed by atoms with Crippen molar-refractivity contribution in [3.05, 3.63) is 22.8 Å². The summed E-state index contributed by atoms with van der Waals surface area (Å²) >= 11 is 0. The lowest BCUT2D eigenvalue weighted by molar-refractivity contribution is -0.145. The van der Waals surface area contributed by atoms with Gasteiger partial charge >= 0.3 is 5.97 Å². The molecule has 0 radical (unpaired) electrons. The Kier molecular flexibility index (Phi) is 2.45. The van der Waals surface area contributed by atoms with Crippen LogP contribution in [-0.4, -0.2) is 11.6 Å². The van der Waals surface area contributed by atoms with Crippen LogP contribution in [0.1, 0.15) is 46.5 Å². The summed E-state index contributed by atoms with van der Waals surface area (Å²) in [6, 6.07) is 0. The van der Waals surface area contributed by atoms with Gasteiger partial charge in [-0.15, -0.1) is 0 Å². The Hall–Kier alpha value is -1.05. The lowest BCUT2D eigenvalue weighted by atomic mass is 9.86. The van der Waals surface area contributed by atoms with E-state index >= 15 is 0 Å². The smallest absolute Gasteiger partial charge is 0.332 e. The van der Waals surface area contributed by atoms with E-state index in [2.05, 4.69) is 20.8 Å². The molecule has 1 aliphatic carbocycles. The number of esters is 1. The van der Waals surface area contributed by atoms with Gasteiger partial charge in [-0.05, 0) is 52.0 Å². The second kappa shape index (κ2) is 3.51. The van der Waals surface area contributed by atoms with Crippen molar-refractivity contribution in [2.45, 2.75) is 52.1 Å². The van der Waals surface area contributed by atoms with Crippen molar-refractivity contribution in [3.63, 3.8) is 0 Å². The molecule has 0 aromatic rings. The average Bonchev–Trinajstić information content (AvgIpc) is 2.74. The maximum atomic E-state index is 11.4. The fourth-order valence-corrected chi connectivity index (χ4v) is 2.56. The van der Waals surface area contributed by atoms with Crippen LogP contribution in [0.5, 0.6) is 0 Å². The minimum Gasteiger partial charge on any atom is -0.451 e. The largest absolute Gasteiger partial charge is 0.451 e. The third-order valence-electron chi connectivity index (χ3n) is 3.61. The first-order valence-corrected chi connectivity index (χ1v) is 5.65. The van der Waals surface area contributed by atoms with Crippen molar-refractivity contribution < 1.29 is 9.53 Å². The normalized spacial score (nSPS) is 22.9. The molecule has 82 valence electrons.